The van der Waals surface area contributed by atoms with Crippen molar-refractivity contribution >= 4 is 62.0 Å². The van der Waals surface area contributed by atoms with Gasteiger partial charge in [0, 0.05) is 53.8 Å². The van der Waals surface area contributed by atoms with Crippen molar-refractivity contribution in [3.8, 4) is 11.5 Å². The molecule has 19 heteroatoms. The van der Waals surface area contributed by atoms with Crippen molar-refractivity contribution in [3.63, 3.8) is 0 Å². The number of carbonyl (C=O) groups is 5. The molecule has 17 nitrogen and oxygen atoms in total. The van der Waals surface area contributed by atoms with E-state index in [2.05, 4.69) is 17.2 Å². The van der Waals surface area contributed by atoms with Gasteiger partial charge in [-0.05, 0) is 85.7 Å². The van der Waals surface area contributed by atoms with Crippen LogP contribution in [0.2, 0.25) is 0 Å². The number of imide groups is 1. The van der Waals surface area contributed by atoms with Crippen molar-refractivity contribution in [3.05, 3.63) is 92.9 Å². The number of ether oxygens (including phenoxy) is 1. The monoisotopic (exact) mass is 869 g/mol. The molecule has 0 saturated carbocycles. The van der Waals surface area contributed by atoms with Crippen LogP contribution < -0.4 is 25.8 Å². The van der Waals surface area contributed by atoms with E-state index < -0.39 is 67.4 Å². The molecular formula is C41H47N3O14S2. The second-order valence-corrected chi connectivity index (χ2v) is 17.7. The lowest BCUT2D eigenvalue weighted by molar-refractivity contribution is -0.197. The number of carboxylic acid groups (broad SMARTS) is 1. The summed E-state index contributed by atoms with van der Waals surface area (Å²) in [5.41, 5.74) is 2.03. The Morgan fingerprint density at radius 1 is 0.783 bits per heavy atom. The van der Waals surface area contributed by atoms with E-state index in [0.29, 0.717) is 87.9 Å². The molecule has 5 N–H and O–H groups in total. The zero-order chi connectivity index (χ0) is 43.6. The fraction of sp³-hybridized carbons (Fsp3) is 0.390. The molecule has 2 aliphatic heterocycles. The highest BCUT2D eigenvalue weighted by atomic mass is 32.2. The third-order valence-electron chi connectivity index (χ3n) is 9.90. The summed E-state index contributed by atoms with van der Waals surface area (Å²) in [7, 11) is -8.36. The molecule has 2 heterocycles. The Hall–Kier alpha value is -5.47. The Morgan fingerprint density at radius 2 is 1.45 bits per heavy atom. The minimum atomic E-state index is -4.23. The van der Waals surface area contributed by atoms with Crippen LogP contribution in [0, 0.1) is 0 Å². The number of benzene rings is 3. The van der Waals surface area contributed by atoms with Crippen LogP contribution in [0.5, 0.6) is 11.5 Å². The van der Waals surface area contributed by atoms with Crippen LogP contribution >= 0.6 is 0 Å². The van der Waals surface area contributed by atoms with Crippen LogP contribution in [0.1, 0.15) is 114 Å². The second kappa shape index (κ2) is 20.2. The summed E-state index contributed by atoms with van der Waals surface area (Å²) < 4.78 is 70.0. The first kappa shape index (κ1) is 45.6. The van der Waals surface area contributed by atoms with Gasteiger partial charge in [-0.25, -0.2) is 9.59 Å². The van der Waals surface area contributed by atoms with Gasteiger partial charge in [0.05, 0.1) is 17.1 Å². The highest BCUT2D eigenvalue weighted by molar-refractivity contribution is 7.86. The number of carbonyl (C=O) groups excluding carboxylic acids is 4. The van der Waals surface area contributed by atoms with E-state index in [0.717, 1.165) is 0 Å². The molecule has 0 bridgehead atoms. The van der Waals surface area contributed by atoms with Gasteiger partial charge in [-0.3, -0.25) is 23.5 Å². The van der Waals surface area contributed by atoms with Crippen molar-refractivity contribution in [1.29, 1.82) is 0 Å². The van der Waals surface area contributed by atoms with Gasteiger partial charge < -0.3 is 25.3 Å². The van der Waals surface area contributed by atoms with Gasteiger partial charge >= 0.3 is 11.9 Å². The SMILES string of the molecule is C=c1ccc2c(c1)Oc1cc(C(CCCS(=O)(=O)O)NCCCCS(=O)(=O)O)ccc1C=2c1ccc(C(=O)NCCCCCCC(=O)ON2C(=O)CCC2=O)cc1C(=O)O. The predicted octanol–water partition coefficient (Wildman–Crippen LogP) is 3.40. The normalized spacial score (nSPS) is 14.3. The van der Waals surface area contributed by atoms with Gasteiger partial charge in [0.15, 0.2) is 0 Å². The summed E-state index contributed by atoms with van der Waals surface area (Å²) in [6, 6.07) is 14.4. The Morgan fingerprint density at radius 3 is 2.15 bits per heavy atom. The molecule has 2 aliphatic rings. The van der Waals surface area contributed by atoms with E-state index in [1.807, 2.05) is 0 Å². The van der Waals surface area contributed by atoms with Crippen molar-refractivity contribution < 1.29 is 64.6 Å². The van der Waals surface area contributed by atoms with Gasteiger partial charge in [0.1, 0.15) is 11.5 Å². The fourth-order valence-corrected chi connectivity index (χ4v) is 8.04. The largest absolute Gasteiger partial charge is 0.478 e. The number of unbranched alkanes of at least 4 members (excludes halogenated alkanes) is 4. The van der Waals surface area contributed by atoms with Crippen LogP contribution in [0.15, 0.2) is 54.6 Å². The average Bonchev–Trinajstić information content (AvgIpc) is 3.49. The van der Waals surface area contributed by atoms with Crippen LogP contribution in [0.3, 0.4) is 0 Å². The summed E-state index contributed by atoms with van der Waals surface area (Å²) in [4.78, 5) is 66.1. The topological polar surface area (TPSA) is 260 Å². The van der Waals surface area contributed by atoms with Crippen molar-refractivity contribution in [2.24, 2.45) is 0 Å². The molecule has 1 atom stereocenters. The summed E-state index contributed by atoms with van der Waals surface area (Å²) in [5, 5.41) is 18.2. The Kier molecular flexibility index (Phi) is 15.3. The first-order valence-corrected chi connectivity index (χ1v) is 22.6. The van der Waals surface area contributed by atoms with E-state index in [9.17, 15) is 50.5 Å². The Balaban J connectivity index is 1.30. The number of nitrogens with zero attached hydrogens (tertiary/aromatic N) is 1. The van der Waals surface area contributed by atoms with E-state index in [1.165, 1.54) is 12.1 Å². The van der Waals surface area contributed by atoms with Crippen LogP contribution in [-0.2, 0) is 39.5 Å². The summed E-state index contributed by atoms with van der Waals surface area (Å²) >= 11 is 0. The number of amides is 3. The molecule has 1 fully saturated rings. The van der Waals surface area contributed by atoms with Crippen LogP contribution in [-0.4, -0.2) is 90.4 Å². The molecule has 322 valence electrons. The molecule has 0 aromatic heterocycles. The molecule has 1 saturated heterocycles. The molecule has 0 radical (unpaired) electrons. The Bertz CT molecular complexity index is 2470. The number of hydrogen-bond donors (Lipinski definition) is 5. The third-order valence-corrected chi connectivity index (χ3v) is 11.5. The number of hydroxylamine groups is 2. The minimum absolute atomic E-state index is 0.0148. The lowest BCUT2D eigenvalue weighted by Gasteiger charge is -2.25. The zero-order valence-electron chi connectivity index (χ0n) is 32.7. The predicted molar refractivity (Wildman–Crippen MR) is 217 cm³/mol. The molecule has 0 aliphatic carbocycles. The van der Waals surface area contributed by atoms with Crippen LogP contribution in [0.4, 0.5) is 0 Å². The summed E-state index contributed by atoms with van der Waals surface area (Å²) in [6.45, 7) is 4.60. The molecule has 3 aromatic rings. The number of nitrogens with one attached hydrogen (secondary N) is 2. The van der Waals surface area contributed by atoms with Gasteiger partial charge in [-0.2, -0.15) is 16.8 Å². The second-order valence-electron chi connectivity index (χ2n) is 14.5. The number of aromatic carboxylic acids is 1. The van der Waals surface area contributed by atoms with Crippen molar-refractivity contribution in [2.75, 3.05) is 24.6 Å². The molecular weight excluding hydrogens is 823 g/mol. The number of hydrogen-bond acceptors (Lipinski definition) is 12. The quantitative estimate of drug-likeness (QED) is 0.0431. The maximum Gasteiger partial charge on any atom is 0.336 e. The number of carboxylic acids is 1. The zero-order valence-corrected chi connectivity index (χ0v) is 34.3. The van der Waals surface area contributed by atoms with E-state index in [4.69, 9.17) is 14.1 Å². The van der Waals surface area contributed by atoms with Gasteiger partial charge in [-0.1, -0.05) is 49.8 Å². The highest BCUT2D eigenvalue weighted by Crippen LogP contribution is 2.39. The van der Waals surface area contributed by atoms with Gasteiger partial charge in [0.25, 0.3) is 38.0 Å². The summed E-state index contributed by atoms with van der Waals surface area (Å²) in [5.74, 6) is -3.65. The smallest absolute Gasteiger partial charge is 0.336 e. The number of fused-ring (bicyclic) bond motifs is 2. The molecule has 60 heavy (non-hydrogen) atoms. The fourth-order valence-electron chi connectivity index (χ4n) is 6.94. The molecule has 3 amide bonds. The maximum absolute atomic E-state index is 13.2. The lowest BCUT2D eigenvalue weighted by Crippen LogP contribution is -2.31. The standard InChI is InChI=1S/C41H47N3O14S2/c1-26-11-14-30-34(23-26)57-35-25-27(33(9-8-22-60(54,55)56)42-19-6-7-21-59(51,52)53)12-16-31(35)39(30)29-15-13-28(24-32(29)41(49)50)40(48)43-20-5-3-2-4-10-38(47)58-44-36(45)17-18-37(44)46/h11-16,23-25,33,42H,1-10,17-22H2,(H,43,48)(H,49,50)(H,51,52,53)(H,54,55,56). The molecule has 3 aromatic carbocycles. The third kappa shape index (κ3) is 12.8. The van der Waals surface area contributed by atoms with Crippen molar-refractivity contribution in [2.45, 2.75) is 76.7 Å². The average molecular weight is 870 g/mol. The molecule has 1 unspecified atom stereocenters. The maximum atomic E-state index is 13.2. The van der Waals surface area contributed by atoms with Gasteiger partial charge in [-0.15, -0.1) is 5.06 Å². The van der Waals surface area contributed by atoms with E-state index in [-0.39, 0.29) is 56.2 Å². The highest BCUT2D eigenvalue weighted by Gasteiger charge is 2.33. The minimum Gasteiger partial charge on any atom is -0.478 e. The Labute approximate surface area is 346 Å². The van der Waals surface area contributed by atoms with E-state index >= 15 is 0 Å². The first-order valence-electron chi connectivity index (χ1n) is 19.4. The summed E-state index contributed by atoms with van der Waals surface area (Å²) in [6.07, 6.45) is 3.29. The van der Waals surface area contributed by atoms with Gasteiger partial charge in [0.2, 0.25) is 0 Å². The van der Waals surface area contributed by atoms with E-state index in [1.54, 1.807) is 42.5 Å². The first-order chi connectivity index (χ1) is 28.4. The van der Waals surface area contributed by atoms with Crippen molar-refractivity contribution in [1.82, 2.24) is 15.7 Å². The molecule has 5 rings (SSSR count). The lowest BCUT2D eigenvalue weighted by atomic mass is 9.87. The molecule has 0 spiro atoms. The number of rotatable bonds is 22. The van der Waals surface area contributed by atoms with Crippen LogP contribution in [0.25, 0.3) is 12.2 Å².